The Morgan fingerprint density at radius 3 is 2.48 bits per heavy atom. The fourth-order valence-corrected chi connectivity index (χ4v) is 3.03. The number of carbonyl (C=O) groups excluding carboxylic acids is 2. The zero-order chi connectivity index (χ0) is 22.6. The second-order valence-corrected chi connectivity index (χ2v) is 6.77. The van der Waals surface area contributed by atoms with Crippen molar-refractivity contribution in [2.75, 3.05) is 10.7 Å². The van der Waals surface area contributed by atoms with Crippen molar-refractivity contribution in [2.45, 2.75) is 0 Å². The molecule has 0 saturated heterocycles. The number of hydrogen-bond donors (Lipinski definition) is 3. The van der Waals surface area contributed by atoms with Crippen molar-refractivity contribution in [3.63, 3.8) is 0 Å². The smallest absolute Gasteiger partial charge is 0.316 e. The lowest BCUT2D eigenvalue weighted by Gasteiger charge is -2.09. The summed E-state index contributed by atoms with van der Waals surface area (Å²) in [6, 6.07) is 16.0. The van der Waals surface area contributed by atoms with Crippen LogP contribution in [0, 0.1) is 0 Å². The molecule has 0 radical (unpaired) electrons. The molecule has 0 fully saturated rings. The van der Waals surface area contributed by atoms with Gasteiger partial charge in [-0.15, -0.1) is 10.2 Å². The van der Waals surface area contributed by atoms with E-state index in [1.165, 1.54) is 10.9 Å². The van der Waals surface area contributed by atoms with Crippen LogP contribution in [0.2, 0.25) is 0 Å². The number of hydrogen-bond acceptors (Lipinski definition) is 8. The van der Waals surface area contributed by atoms with Gasteiger partial charge in [-0.2, -0.15) is 5.10 Å². The minimum atomic E-state index is -0.905. The summed E-state index contributed by atoms with van der Waals surface area (Å²) in [6.07, 6.45) is 6.48. The standard InChI is InChI=1S/C21H16N10O2/c32-20(21(33)29-27-17-7-9-19(28-26-17)31-11-3-10-24-31)25-14-6-8-18(22-12-14)30-13-23-15-4-1-2-5-16(15)30/h1-13H,(H,25,32)(H,26,27)(H,29,33). The number of carbonyl (C=O) groups is 2. The third kappa shape index (κ3) is 4.20. The summed E-state index contributed by atoms with van der Waals surface area (Å²) in [4.78, 5) is 32.9. The first-order valence-electron chi connectivity index (χ1n) is 9.77. The van der Waals surface area contributed by atoms with Gasteiger partial charge in [0.2, 0.25) is 0 Å². The van der Waals surface area contributed by atoms with Crippen LogP contribution in [0.5, 0.6) is 0 Å². The van der Waals surface area contributed by atoms with Gasteiger partial charge in [0.05, 0.1) is 22.9 Å². The number of nitrogens with one attached hydrogen (secondary N) is 3. The highest BCUT2D eigenvalue weighted by Crippen LogP contribution is 2.17. The molecule has 12 nitrogen and oxygen atoms in total. The molecule has 4 heterocycles. The Balaban J connectivity index is 1.17. The monoisotopic (exact) mass is 440 g/mol. The second-order valence-electron chi connectivity index (χ2n) is 6.77. The average Bonchev–Trinajstić information content (AvgIpc) is 3.54. The van der Waals surface area contributed by atoms with Crippen molar-refractivity contribution >= 4 is 34.4 Å². The van der Waals surface area contributed by atoms with Gasteiger partial charge < -0.3 is 5.32 Å². The topological polar surface area (TPSA) is 145 Å². The second kappa shape index (κ2) is 8.55. The number of nitrogens with zero attached hydrogens (tertiary/aromatic N) is 7. The van der Waals surface area contributed by atoms with Crippen LogP contribution in [0.4, 0.5) is 11.5 Å². The maximum absolute atomic E-state index is 12.2. The number of benzene rings is 1. The molecule has 1 aromatic carbocycles. The van der Waals surface area contributed by atoms with Gasteiger partial charge in [-0.1, -0.05) is 12.1 Å². The van der Waals surface area contributed by atoms with E-state index in [0.29, 0.717) is 17.3 Å². The first-order valence-corrected chi connectivity index (χ1v) is 9.77. The third-order valence-corrected chi connectivity index (χ3v) is 4.61. The van der Waals surface area contributed by atoms with E-state index in [9.17, 15) is 9.59 Å². The zero-order valence-corrected chi connectivity index (χ0v) is 17.0. The molecule has 0 bridgehead atoms. The van der Waals surface area contributed by atoms with Crippen LogP contribution in [0.25, 0.3) is 22.7 Å². The van der Waals surface area contributed by atoms with E-state index >= 15 is 0 Å². The Morgan fingerprint density at radius 1 is 0.848 bits per heavy atom. The normalized spacial score (nSPS) is 10.7. The molecule has 0 aliphatic heterocycles. The Labute approximate surface area is 186 Å². The van der Waals surface area contributed by atoms with Gasteiger partial charge in [0.1, 0.15) is 12.1 Å². The Kier molecular flexibility index (Phi) is 5.13. The van der Waals surface area contributed by atoms with Gasteiger partial charge in [0.25, 0.3) is 0 Å². The van der Waals surface area contributed by atoms with Gasteiger partial charge >= 0.3 is 11.8 Å². The van der Waals surface area contributed by atoms with Gasteiger partial charge in [0.15, 0.2) is 11.6 Å². The van der Waals surface area contributed by atoms with Crippen molar-refractivity contribution in [3.8, 4) is 11.6 Å². The van der Waals surface area contributed by atoms with Crippen molar-refractivity contribution in [3.05, 3.63) is 79.5 Å². The number of rotatable bonds is 5. The Bertz CT molecular complexity index is 1410. The minimum absolute atomic E-state index is 0.255. The van der Waals surface area contributed by atoms with Crippen LogP contribution in [0.1, 0.15) is 0 Å². The molecule has 12 heteroatoms. The molecule has 0 spiro atoms. The van der Waals surface area contributed by atoms with E-state index in [-0.39, 0.29) is 5.82 Å². The van der Waals surface area contributed by atoms with E-state index < -0.39 is 11.8 Å². The van der Waals surface area contributed by atoms with Crippen LogP contribution >= 0.6 is 0 Å². The highest BCUT2D eigenvalue weighted by atomic mass is 16.2. The first-order chi connectivity index (χ1) is 16.2. The molecule has 0 aliphatic carbocycles. The number of pyridine rings is 1. The minimum Gasteiger partial charge on any atom is -0.316 e. The largest absolute Gasteiger partial charge is 0.328 e. The predicted octanol–water partition coefficient (Wildman–Crippen LogP) is 1.48. The zero-order valence-electron chi connectivity index (χ0n) is 17.0. The number of aromatic nitrogens is 7. The number of fused-ring (bicyclic) bond motifs is 1. The molecule has 33 heavy (non-hydrogen) atoms. The van der Waals surface area contributed by atoms with Gasteiger partial charge in [0, 0.05) is 12.4 Å². The maximum Gasteiger partial charge on any atom is 0.328 e. The van der Waals surface area contributed by atoms with E-state index in [1.54, 1.807) is 49.1 Å². The van der Waals surface area contributed by atoms with Crippen LogP contribution in [-0.2, 0) is 9.59 Å². The summed E-state index contributed by atoms with van der Waals surface area (Å²) in [6.45, 7) is 0. The summed E-state index contributed by atoms with van der Waals surface area (Å²) in [5.41, 5.74) is 6.93. The number of anilines is 2. The van der Waals surface area contributed by atoms with Gasteiger partial charge in [-0.05, 0) is 42.5 Å². The van der Waals surface area contributed by atoms with Crippen LogP contribution in [0.3, 0.4) is 0 Å². The summed E-state index contributed by atoms with van der Waals surface area (Å²) < 4.78 is 3.37. The summed E-state index contributed by atoms with van der Waals surface area (Å²) in [7, 11) is 0. The van der Waals surface area contributed by atoms with Crippen molar-refractivity contribution in [2.24, 2.45) is 0 Å². The molecule has 4 aromatic heterocycles. The van der Waals surface area contributed by atoms with E-state index in [1.807, 2.05) is 28.8 Å². The van der Waals surface area contributed by atoms with E-state index in [0.717, 1.165) is 11.0 Å². The molecule has 0 unspecified atom stereocenters. The molecule has 5 rings (SSSR count). The first kappa shape index (κ1) is 19.8. The lowest BCUT2D eigenvalue weighted by molar-refractivity contribution is -0.135. The summed E-state index contributed by atoms with van der Waals surface area (Å²) in [5.74, 6) is -0.381. The van der Waals surface area contributed by atoms with Crippen LogP contribution in [-0.4, -0.2) is 46.3 Å². The molecule has 2 amide bonds. The fourth-order valence-electron chi connectivity index (χ4n) is 3.03. The molecular formula is C21H16N10O2. The van der Waals surface area contributed by atoms with Crippen molar-refractivity contribution < 1.29 is 9.59 Å². The maximum atomic E-state index is 12.2. The molecule has 0 aliphatic rings. The number of imidazole rings is 1. The van der Waals surface area contributed by atoms with Crippen molar-refractivity contribution in [1.82, 2.24) is 39.9 Å². The fraction of sp³-hybridized carbons (Fsp3) is 0. The number of amides is 2. The predicted molar refractivity (Wildman–Crippen MR) is 118 cm³/mol. The molecule has 3 N–H and O–H groups in total. The SMILES string of the molecule is O=C(NNc1ccc(-n2cccn2)nn1)C(=O)Nc1ccc(-n2cnc3ccccc32)nc1. The Morgan fingerprint density at radius 2 is 1.73 bits per heavy atom. The summed E-state index contributed by atoms with van der Waals surface area (Å²) in [5, 5.41) is 14.4. The third-order valence-electron chi connectivity index (χ3n) is 4.61. The molecule has 5 aromatic rings. The molecular weight excluding hydrogens is 424 g/mol. The lowest BCUT2D eigenvalue weighted by atomic mass is 10.3. The molecule has 0 saturated carbocycles. The number of hydrazine groups is 1. The molecule has 0 atom stereocenters. The summed E-state index contributed by atoms with van der Waals surface area (Å²) >= 11 is 0. The van der Waals surface area contributed by atoms with Crippen LogP contribution in [0.15, 0.2) is 79.5 Å². The average molecular weight is 440 g/mol. The highest BCUT2D eigenvalue weighted by Gasteiger charge is 2.14. The molecule has 162 valence electrons. The van der Waals surface area contributed by atoms with Gasteiger partial charge in [-0.25, -0.2) is 14.6 Å². The number of para-hydroxylation sites is 2. The lowest BCUT2D eigenvalue weighted by Crippen LogP contribution is -2.39. The van der Waals surface area contributed by atoms with Gasteiger partial charge in [-0.3, -0.25) is 25.0 Å². The van der Waals surface area contributed by atoms with Crippen molar-refractivity contribution in [1.29, 1.82) is 0 Å². The van der Waals surface area contributed by atoms with Crippen LogP contribution < -0.4 is 16.2 Å². The quantitative estimate of drug-likeness (QED) is 0.275. The van der Waals surface area contributed by atoms with E-state index in [2.05, 4.69) is 41.4 Å². The highest BCUT2D eigenvalue weighted by molar-refractivity contribution is 6.39. The Hall–Kier alpha value is -5.13. The van der Waals surface area contributed by atoms with E-state index in [4.69, 9.17) is 0 Å².